The monoisotopic (exact) mass is 516 g/mol. The molecule has 0 amide bonds. The zero-order chi connectivity index (χ0) is 26.7. The number of benzene rings is 4. The first-order valence-corrected chi connectivity index (χ1v) is 9.31. The van der Waals surface area contributed by atoms with Gasteiger partial charge in [0, 0.05) is 0 Å². The Morgan fingerprint density at radius 1 is 0.333 bits per heavy atom. The molecule has 6 nitrogen and oxygen atoms in total. The summed E-state index contributed by atoms with van der Waals surface area (Å²) in [5.74, 6) is -29.8. The molecule has 0 unspecified atom stereocenters. The molecular weight excluding hydrogens is 512 g/mol. The Morgan fingerprint density at radius 2 is 0.611 bits per heavy atom. The number of carbonyl (C=O) groups is 2. The number of fused-ring (bicyclic) bond motifs is 4. The Labute approximate surface area is 190 Å². The van der Waals surface area contributed by atoms with Gasteiger partial charge in [-0.3, -0.25) is 9.59 Å². The molecule has 0 saturated heterocycles. The van der Waals surface area contributed by atoms with Gasteiger partial charge in [0.2, 0.25) is 11.6 Å². The summed E-state index contributed by atoms with van der Waals surface area (Å²) < 4.78 is 113. The molecule has 14 heteroatoms. The van der Waals surface area contributed by atoms with Crippen molar-refractivity contribution < 1.29 is 65.1 Å². The fraction of sp³-hybridized carbons (Fsp3) is 0. The molecule has 0 radical (unpaired) electrons. The lowest BCUT2D eigenvalue weighted by Gasteiger charge is -2.23. The molecule has 1 aliphatic rings. The highest BCUT2D eigenvalue weighted by atomic mass is 19.2. The van der Waals surface area contributed by atoms with Gasteiger partial charge in [-0.15, -0.1) is 0 Å². The number of carbonyl (C=O) groups excluding carboxylic acids is 2. The maximum atomic E-state index is 14.4. The number of rotatable bonds is 0. The maximum Gasteiger partial charge on any atom is 0.201 e. The van der Waals surface area contributed by atoms with Crippen LogP contribution in [0.3, 0.4) is 0 Å². The second-order valence-corrected chi connectivity index (χ2v) is 7.56. The SMILES string of the molecule is O=C1c2c(F)c(F)c(F)c(F)c2C(=O)c2c1c(O)c1c(O)c3c(F)c(F)c(F)c(F)c3c(O)c1c2O. The van der Waals surface area contributed by atoms with E-state index in [2.05, 4.69) is 0 Å². The van der Waals surface area contributed by atoms with Gasteiger partial charge in [0.25, 0.3) is 0 Å². The number of halogens is 8. The highest BCUT2D eigenvalue weighted by Gasteiger charge is 2.44. The smallest absolute Gasteiger partial charge is 0.201 e. The number of phenolic OH excluding ortho intramolecular Hbond substituents is 4. The first kappa shape index (κ1) is 23.1. The highest BCUT2D eigenvalue weighted by Crippen LogP contribution is 2.54. The van der Waals surface area contributed by atoms with Crippen LogP contribution in [-0.2, 0) is 0 Å². The lowest BCUT2D eigenvalue weighted by Crippen LogP contribution is -2.26. The lowest BCUT2D eigenvalue weighted by molar-refractivity contribution is 0.0965. The molecule has 4 N–H and O–H groups in total. The molecule has 1 aliphatic carbocycles. The van der Waals surface area contributed by atoms with Crippen LogP contribution in [0, 0.1) is 46.5 Å². The van der Waals surface area contributed by atoms with Gasteiger partial charge < -0.3 is 20.4 Å². The molecule has 4 aromatic rings. The van der Waals surface area contributed by atoms with Crippen LogP contribution < -0.4 is 0 Å². The summed E-state index contributed by atoms with van der Waals surface area (Å²) in [7, 11) is 0. The molecule has 0 fully saturated rings. The molecule has 0 aromatic heterocycles. The Morgan fingerprint density at radius 3 is 0.917 bits per heavy atom. The van der Waals surface area contributed by atoms with Crippen LogP contribution in [0.5, 0.6) is 23.0 Å². The van der Waals surface area contributed by atoms with Crippen molar-refractivity contribution >= 4 is 33.1 Å². The minimum atomic E-state index is -2.51. The van der Waals surface area contributed by atoms with Crippen molar-refractivity contribution in [3.8, 4) is 23.0 Å². The zero-order valence-corrected chi connectivity index (χ0v) is 16.6. The molecule has 36 heavy (non-hydrogen) atoms. The zero-order valence-electron chi connectivity index (χ0n) is 16.6. The summed E-state index contributed by atoms with van der Waals surface area (Å²) in [4.78, 5) is 25.8. The number of hydrogen-bond acceptors (Lipinski definition) is 6. The van der Waals surface area contributed by atoms with Crippen LogP contribution in [0.2, 0.25) is 0 Å². The van der Waals surface area contributed by atoms with Crippen LogP contribution in [0.4, 0.5) is 35.1 Å². The predicted molar refractivity (Wildman–Crippen MR) is 101 cm³/mol. The van der Waals surface area contributed by atoms with E-state index in [1.54, 1.807) is 0 Å². The molecule has 0 saturated carbocycles. The normalized spacial score (nSPS) is 13.0. The Kier molecular flexibility index (Phi) is 4.47. The minimum Gasteiger partial charge on any atom is -0.506 e. The van der Waals surface area contributed by atoms with Crippen LogP contribution in [0.15, 0.2) is 0 Å². The molecule has 0 heterocycles. The second-order valence-electron chi connectivity index (χ2n) is 7.56. The number of phenols is 4. The van der Waals surface area contributed by atoms with Crippen LogP contribution >= 0.6 is 0 Å². The molecule has 184 valence electrons. The third-order valence-electron chi connectivity index (χ3n) is 5.84. The van der Waals surface area contributed by atoms with Gasteiger partial charge in [0.15, 0.2) is 46.5 Å². The summed E-state index contributed by atoms with van der Waals surface area (Å²) in [5, 5.41) is 36.4. The van der Waals surface area contributed by atoms with Gasteiger partial charge in [-0.25, -0.2) is 35.1 Å². The van der Waals surface area contributed by atoms with Crippen molar-refractivity contribution in [1.82, 2.24) is 0 Å². The molecular formula is C22H4F8O6. The van der Waals surface area contributed by atoms with Gasteiger partial charge in [0.05, 0.1) is 43.8 Å². The average molecular weight is 516 g/mol. The summed E-state index contributed by atoms with van der Waals surface area (Å²) in [6, 6.07) is 0. The van der Waals surface area contributed by atoms with E-state index < -0.39 is 125 Å². The molecule has 0 bridgehead atoms. The van der Waals surface area contributed by atoms with Gasteiger partial charge in [0.1, 0.15) is 23.0 Å². The predicted octanol–water partition coefficient (Wildman–Crippen LogP) is 4.70. The van der Waals surface area contributed by atoms with Gasteiger partial charge in [-0.1, -0.05) is 0 Å². The van der Waals surface area contributed by atoms with Gasteiger partial charge in [-0.05, 0) is 0 Å². The van der Waals surface area contributed by atoms with Crippen molar-refractivity contribution in [2.75, 3.05) is 0 Å². The van der Waals surface area contributed by atoms with E-state index in [0.29, 0.717) is 0 Å². The van der Waals surface area contributed by atoms with E-state index in [9.17, 15) is 65.1 Å². The second kappa shape index (κ2) is 6.96. The largest absolute Gasteiger partial charge is 0.506 e. The molecule has 4 aromatic carbocycles. The molecule has 5 rings (SSSR count). The third kappa shape index (κ3) is 2.40. The lowest BCUT2D eigenvalue weighted by atomic mass is 9.80. The fourth-order valence-electron chi connectivity index (χ4n) is 4.26. The Hall–Kier alpha value is -4.62. The Balaban J connectivity index is 2.06. The van der Waals surface area contributed by atoms with E-state index in [1.807, 2.05) is 0 Å². The van der Waals surface area contributed by atoms with E-state index in [4.69, 9.17) is 0 Å². The topological polar surface area (TPSA) is 115 Å². The first-order chi connectivity index (χ1) is 16.7. The first-order valence-electron chi connectivity index (χ1n) is 9.31. The van der Waals surface area contributed by atoms with Crippen molar-refractivity contribution in [2.45, 2.75) is 0 Å². The average Bonchev–Trinajstić information content (AvgIpc) is 2.83. The van der Waals surface area contributed by atoms with Crippen LogP contribution in [-0.4, -0.2) is 32.0 Å². The molecule has 0 atom stereocenters. The van der Waals surface area contributed by atoms with E-state index >= 15 is 0 Å². The number of hydrogen-bond donors (Lipinski definition) is 4. The van der Waals surface area contributed by atoms with Crippen LogP contribution in [0.1, 0.15) is 31.8 Å². The Bertz CT molecular complexity index is 1670. The fourth-order valence-corrected chi connectivity index (χ4v) is 4.26. The molecule has 0 aliphatic heterocycles. The van der Waals surface area contributed by atoms with Crippen molar-refractivity contribution in [3.63, 3.8) is 0 Å². The number of aromatic hydroxyl groups is 4. The summed E-state index contributed by atoms with van der Waals surface area (Å²) >= 11 is 0. The quantitative estimate of drug-likeness (QED) is 0.0780. The number of ketones is 2. The standard InChI is InChI=1S/C22H4F8O6/c23-9-1-2(10(24)14(28)13(9)27)18(32)6-5(17(1)31)21(35)7-8(22(6)36)20(34)4-3(19(7)33)11(25)15(29)16(30)12(4)26/h31-32,35-36H. The van der Waals surface area contributed by atoms with Crippen molar-refractivity contribution in [1.29, 1.82) is 0 Å². The highest BCUT2D eigenvalue weighted by molar-refractivity contribution is 6.34. The summed E-state index contributed by atoms with van der Waals surface area (Å²) in [5.41, 5.74) is -6.32. The van der Waals surface area contributed by atoms with Crippen molar-refractivity contribution in [3.05, 3.63) is 68.8 Å². The van der Waals surface area contributed by atoms with Gasteiger partial charge in [-0.2, -0.15) is 0 Å². The van der Waals surface area contributed by atoms with Crippen molar-refractivity contribution in [2.24, 2.45) is 0 Å². The molecule has 0 spiro atoms. The van der Waals surface area contributed by atoms with E-state index in [0.717, 1.165) is 0 Å². The maximum absolute atomic E-state index is 14.4. The minimum absolute atomic E-state index is 1.34. The van der Waals surface area contributed by atoms with E-state index in [-0.39, 0.29) is 0 Å². The van der Waals surface area contributed by atoms with Crippen LogP contribution in [0.25, 0.3) is 21.5 Å². The summed E-state index contributed by atoms with van der Waals surface area (Å²) in [6.45, 7) is 0. The summed E-state index contributed by atoms with van der Waals surface area (Å²) in [6.07, 6.45) is 0. The van der Waals surface area contributed by atoms with E-state index in [1.165, 1.54) is 0 Å². The third-order valence-corrected chi connectivity index (χ3v) is 5.84. The van der Waals surface area contributed by atoms with Gasteiger partial charge >= 0.3 is 0 Å².